The van der Waals surface area contributed by atoms with E-state index in [1.54, 1.807) is 27.7 Å². The molecule has 0 unspecified atom stereocenters. The zero-order valence-corrected chi connectivity index (χ0v) is 14.6. The normalized spacial score (nSPS) is 17.5. The molecule has 7 nitrogen and oxygen atoms in total. The van der Waals surface area contributed by atoms with Crippen molar-refractivity contribution in [2.75, 3.05) is 18.8 Å². The van der Waals surface area contributed by atoms with E-state index in [1.165, 1.54) is 29.2 Å². The number of amides is 1. The number of anilines is 1. The van der Waals surface area contributed by atoms with E-state index in [0.717, 1.165) is 0 Å². The predicted octanol–water partition coefficient (Wildman–Crippen LogP) is 1.56. The molecule has 23 heavy (non-hydrogen) atoms. The van der Waals surface area contributed by atoms with Crippen LogP contribution in [0, 0.1) is 0 Å². The molecule has 0 spiro atoms. The Balaban J connectivity index is 1.99. The van der Waals surface area contributed by atoms with E-state index in [1.807, 2.05) is 0 Å². The van der Waals surface area contributed by atoms with E-state index >= 15 is 0 Å². The number of sulfonamides is 1. The molecule has 0 bridgehead atoms. The lowest BCUT2D eigenvalue weighted by molar-refractivity contribution is -0.00776. The molecule has 1 aromatic rings. The van der Waals surface area contributed by atoms with Crippen molar-refractivity contribution in [3.8, 4) is 0 Å². The molecule has 1 fully saturated rings. The van der Waals surface area contributed by atoms with Gasteiger partial charge in [0.25, 0.3) is 0 Å². The Morgan fingerprint density at radius 1 is 1.26 bits per heavy atom. The fourth-order valence-electron chi connectivity index (χ4n) is 2.35. The molecule has 0 aliphatic carbocycles. The lowest BCUT2D eigenvalue weighted by Crippen LogP contribution is -2.69. The van der Waals surface area contributed by atoms with Gasteiger partial charge in [-0.05, 0) is 52.0 Å². The molecule has 1 heterocycles. The maximum absolute atomic E-state index is 12.4. The fraction of sp³-hybridized carbons (Fsp3) is 0.533. The summed E-state index contributed by atoms with van der Waals surface area (Å²) in [6, 6.07) is 5.96. The van der Waals surface area contributed by atoms with Crippen LogP contribution in [-0.4, -0.2) is 43.6 Å². The number of ether oxygens (including phenoxy) is 1. The SMILES string of the molecule is CC1(NS(=O)(=O)c2ccc(N)cc2)CN(C(=O)OC(C)(C)C)C1. The molecular formula is C15H23N3O4S. The summed E-state index contributed by atoms with van der Waals surface area (Å²) in [4.78, 5) is 13.5. The molecule has 2 rings (SSSR count). The monoisotopic (exact) mass is 341 g/mol. The van der Waals surface area contributed by atoms with Gasteiger partial charge < -0.3 is 15.4 Å². The fourth-order valence-corrected chi connectivity index (χ4v) is 3.74. The van der Waals surface area contributed by atoms with Crippen LogP contribution in [0.15, 0.2) is 29.2 Å². The first-order valence-corrected chi connectivity index (χ1v) is 8.76. The van der Waals surface area contributed by atoms with Crippen LogP contribution in [0.25, 0.3) is 0 Å². The predicted molar refractivity (Wildman–Crippen MR) is 87.4 cm³/mol. The van der Waals surface area contributed by atoms with E-state index in [4.69, 9.17) is 10.5 Å². The zero-order valence-electron chi connectivity index (χ0n) is 13.8. The highest BCUT2D eigenvalue weighted by Gasteiger charge is 2.45. The average molecular weight is 341 g/mol. The van der Waals surface area contributed by atoms with Crippen molar-refractivity contribution in [3.05, 3.63) is 24.3 Å². The first-order chi connectivity index (χ1) is 10.4. The number of hydrogen-bond donors (Lipinski definition) is 2. The molecule has 8 heteroatoms. The molecule has 0 radical (unpaired) electrons. The minimum atomic E-state index is -3.66. The first-order valence-electron chi connectivity index (χ1n) is 7.28. The van der Waals surface area contributed by atoms with E-state index in [2.05, 4.69) is 4.72 Å². The van der Waals surface area contributed by atoms with Gasteiger partial charge in [-0.15, -0.1) is 0 Å². The number of nitrogens with zero attached hydrogens (tertiary/aromatic N) is 1. The second kappa shape index (κ2) is 5.68. The summed E-state index contributed by atoms with van der Waals surface area (Å²) < 4.78 is 32.6. The van der Waals surface area contributed by atoms with E-state index in [-0.39, 0.29) is 18.0 Å². The standard InChI is InChI=1S/C15H23N3O4S/c1-14(2,3)22-13(19)18-9-15(4,10-18)17-23(20,21)12-7-5-11(16)6-8-12/h5-8,17H,9-10,16H2,1-4H3. The molecule has 1 saturated heterocycles. The molecule has 1 aliphatic rings. The van der Waals surface area contributed by atoms with Gasteiger partial charge in [-0.3, -0.25) is 0 Å². The molecule has 128 valence electrons. The van der Waals surface area contributed by atoms with Gasteiger partial charge in [-0.25, -0.2) is 17.9 Å². The number of benzene rings is 1. The molecule has 3 N–H and O–H groups in total. The smallest absolute Gasteiger partial charge is 0.410 e. The maximum atomic E-state index is 12.4. The minimum absolute atomic E-state index is 0.142. The summed E-state index contributed by atoms with van der Waals surface area (Å²) in [6.45, 7) is 7.63. The zero-order chi connectivity index (χ0) is 17.5. The van der Waals surface area contributed by atoms with Gasteiger partial charge >= 0.3 is 6.09 Å². The van der Waals surface area contributed by atoms with Crippen LogP contribution in [0.4, 0.5) is 10.5 Å². The minimum Gasteiger partial charge on any atom is -0.444 e. The largest absolute Gasteiger partial charge is 0.444 e. The molecule has 1 aliphatic heterocycles. The van der Waals surface area contributed by atoms with Crippen molar-refractivity contribution in [1.29, 1.82) is 0 Å². The number of nitrogens with one attached hydrogen (secondary N) is 1. The molecule has 1 amide bonds. The van der Waals surface area contributed by atoms with E-state index in [0.29, 0.717) is 5.69 Å². The third-order valence-electron chi connectivity index (χ3n) is 3.30. The summed E-state index contributed by atoms with van der Waals surface area (Å²) in [5, 5.41) is 0. The van der Waals surface area contributed by atoms with Gasteiger partial charge in [-0.2, -0.15) is 0 Å². The van der Waals surface area contributed by atoms with Crippen molar-refractivity contribution < 1.29 is 17.9 Å². The van der Waals surface area contributed by atoms with Gasteiger partial charge in [0.15, 0.2) is 0 Å². The van der Waals surface area contributed by atoms with Crippen molar-refractivity contribution in [1.82, 2.24) is 9.62 Å². The van der Waals surface area contributed by atoms with Gasteiger partial charge in [0.1, 0.15) is 5.60 Å². The topological polar surface area (TPSA) is 102 Å². The van der Waals surface area contributed by atoms with E-state index < -0.39 is 27.3 Å². The lowest BCUT2D eigenvalue weighted by Gasteiger charge is -2.47. The van der Waals surface area contributed by atoms with Gasteiger partial charge in [-0.1, -0.05) is 0 Å². The number of nitrogen functional groups attached to an aromatic ring is 1. The third-order valence-corrected chi connectivity index (χ3v) is 4.96. The van der Waals surface area contributed by atoms with Crippen LogP contribution in [0.3, 0.4) is 0 Å². The molecule has 0 aromatic heterocycles. The van der Waals surface area contributed by atoms with Gasteiger partial charge in [0.2, 0.25) is 10.0 Å². The Kier molecular flexibility index (Phi) is 4.34. The van der Waals surface area contributed by atoms with Crippen molar-refractivity contribution >= 4 is 21.8 Å². The van der Waals surface area contributed by atoms with Crippen molar-refractivity contribution in [2.24, 2.45) is 0 Å². The van der Waals surface area contributed by atoms with Crippen LogP contribution in [0.2, 0.25) is 0 Å². The highest BCUT2D eigenvalue weighted by molar-refractivity contribution is 7.89. The van der Waals surface area contributed by atoms with Crippen LogP contribution in [0.1, 0.15) is 27.7 Å². The Hall–Kier alpha value is -1.80. The number of carbonyl (C=O) groups is 1. The van der Waals surface area contributed by atoms with Gasteiger partial charge in [0.05, 0.1) is 10.4 Å². The van der Waals surface area contributed by atoms with Crippen LogP contribution in [0.5, 0.6) is 0 Å². The summed E-state index contributed by atoms with van der Waals surface area (Å²) in [6.07, 6.45) is -0.443. The van der Waals surface area contributed by atoms with Crippen LogP contribution >= 0.6 is 0 Å². The summed E-state index contributed by atoms with van der Waals surface area (Å²) in [7, 11) is -3.66. The second-order valence-electron chi connectivity index (χ2n) is 7.07. The summed E-state index contributed by atoms with van der Waals surface area (Å²) in [5.41, 5.74) is 4.77. The lowest BCUT2D eigenvalue weighted by atomic mass is 9.94. The summed E-state index contributed by atoms with van der Waals surface area (Å²) in [5.74, 6) is 0. The highest BCUT2D eigenvalue weighted by atomic mass is 32.2. The van der Waals surface area contributed by atoms with E-state index in [9.17, 15) is 13.2 Å². The molecular weight excluding hydrogens is 318 g/mol. The summed E-state index contributed by atoms with van der Waals surface area (Å²) >= 11 is 0. The third kappa shape index (κ3) is 4.35. The van der Waals surface area contributed by atoms with Crippen molar-refractivity contribution in [2.45, 2.75) is 43.7 Å². The Morgan fingerprint density at radius 2 is 1.78 bits per heavy atom. The number of hydrogen-bond acceptors (Lipinski definition) is 5. The Labute approximate surface area is 136 Å². The molecule has 1 aromatic carbocycles. The molecule has 0 atom stereocenters. The second-order valence-corrected chi connectivity index (χ2v) is 8.75. The Morgan fingerprint density at radius 3 is 2.26 bits per heavy atom. The quantitative estimate of drug-likeness (QED) is 0.812. The first kappa shape index (κ1) is 17.6. The van der Waals surface area contributed by atoms with Gasteiger partial charge in [0, 0.05) is 18.8 Å². The maximum Gasteiger partial charge on any atom is 0.410 e. The van der Waals surface area contributed by atoms with Crippen LogP contribution in [-0.2, 0) is 14.8 Å². The number of carbonyl (C=O) groups excluding carboxylic acids is 1. The number of nitrogens with two attached hydrogens (primary N) is 1. The highest BCUT2D eigenvalue weighted by Crippen LogP contribution is 2.25. The Bertz CT molecular complexity index is 686. The van der Waals surface area contributed by atoms with Crippen molar-refractivity contribution in [3.63, 3.8) is 0 Å². The average Bonchev–Trinajstić information content (AvgIpc) is 2.33. The number of rotatable bonds is 3. The van der Waals surface area contributed by atoms with Crippen LogP contribution < -0.4 is 10.5 Å². The number of likely N-dealkylation sites (tertiary alicyclic amines) is 1. The molecule has 0 saturated carbocycles.